The van der Waals surface area contributed by atoms with Crippen LogP contribution in [-0.2, 0) is 6.54 Å². The summed E-state index contributed by atoms with van der Waals surface area (Å²) in [6.45, 7) is 0.880. The van der Waals surface area contributed by atoms with Gasteiger partial charge in [-0.1, -0.05) is 48.5 Å². The molecule has 0 amide bonds. The molecule has 2 heterocycles. The van der Waals surface area contributed by atoms with Gasteiger partial charge in [0.15, 0.2) is 5.96 Å². The maximum absolute atomic E-state index is 10.5. The number of rotatable bonds is 6. The smallest absolute Gasteiger partial charge is 0.191 e. The van der Waals surface area contributed by atoms with Gasteiger partial charge < -0.3 is 20.7 Å². The summed E-state index contributed by atoms with van der Waals surface area (Å²) in [5.41, 5.74) is 2.07. The lowest BCUT2D eigenvalue weighted by Gasteiger charge is -2.14. The normalized spacial score (nSPS) is 12.4. The maximum Gasteiger partial charge on any atom is 0.191 e. The van der Waals surface area contributed by atoms with Gasteiger partial charge in [-0.3, -0.25) is 4.99 Å². The number of guanidine groups is 1. The van der Waals surface area contributed by atoms with E-state index in [-0.39, 0.29) is 24.0 Å². The number of halogens is 1. The number of hydrogen-bond acceptors (Lipinski definition) is 4. The zero-order chi connectivity index (χ0) is 20.1. The molecule has 8 heteroatoms. The van der Waals surface area contributed by atoms with Crippen LogP contribution in [-0.4, -0.2) is 34.6 Å². The zero-order valence-electron chi connectivity index (χ0n) is 16.5. The molecule has 2 aromatic heterocycles. The van der Waals surface area contributed by atoms with E-state index in [1.54, 1.807) is 18.4 Å². The Morgan fingerprint density at radius 3 is 2.67 bits per heavy atom. The number of hydrogen-bond donors (Lipinski definition) is 4. The number of H-pyrrole nitrogens is 1. The number of aromatic nitrogens is 2. The van der Waals surface area contributed by atoms with Gasteiger partial charge in [0.05, 0.1) is 18.4 Å². The molecule has 0 radical (unpaired) electrons. The van der Waals surface area contributed by atoms with E-state index in [9.17, 15) is 5.11 Å². The molecule has 1 atom stereocenters. The van der Waals surface area contributed by atoms with E-state index in [0.717, 1.165) is 27.3 Å². The van der Waals surface area contributed by atoms with Gasteiger partial charge in [0.25, 0.3) is 0 Å². The van der Waals surface area contributed by atoms with Crippen molar-refractivity contribution in [1.29, 1.82) is 0 Å². The Morgan fingerprint density at radius 1 is 1.13 bits per heavy atom. The summed E-state index contributed by atoms with van der Waals surface area (Å²) < 4.78 is 1.18. The highest BCUT2D eigenvalue weighted by Gasteiger charge is 2.12. The van der Waals surface area contributed by atoms with Crippen molar-refractivity contribution in [2.24, 2.45) is 4.99 Å². The van der Waals surface area contributed by atoms with Crippen molar-refractivity contribution in [1.82, 2.24) is 20.6 Å². The van der Waals surface area contributed by atoms with E-state index in [2.05, 4.69) is 37.7 Å². The van der Waals surface area contributed by atoms with Gasteiger partial charge >= 0.3 is 0 Å². The maximum atomic E-state index is 10.5. The van der Waals surface area contributed by atoms with Gasteiger partial charge in [0.1, 0.15) is 11.9 Å². The van der Waals surface area contributed by atoms with Crippen LogP contribution in [0, 0.1) is 0 Å². The van der Waals surface area contributed by atoms with E-state index in [4.69, 9.17) is 0 Å². The van der Waals surface area contributed by atoms with E-state index < -0.39 is 6.10 Å². The predicted octanol–water partition coefficient (Wildman–Crippen LogP) is 4.31. The van der Waals surface area contributed by atoms with Crippen molar-refractivity contribution in [2.75, 3.05) is 13.6 Å². The highest BCUT2D eigenvalue weighted by Crippen LogP contribution is 2.29. The van der Waals surface area contributed by atoms with E-state index in [0.29, 0.717) is 19.0 Å². The molecule has 0 fully saturated rings. The first-order valence-electron chi connectivity index (χ1n) is 9.43. The average molecular weight is 533 g/mol. The molecule has 0 bridgehead atoms. The molecule has 30 heavy (non-hydrogen) atoms. The highest BCUT2D eigenvalue weighted by atomic mass is 127. The van der Waals surface area contributed by atoms with Gasteiger partial charge in [0.2, 0.25) is 0 Å². The van der Waals surface area contributed by atoms with Crippen molar-refractivity contribution in [3.05, 3.63) is 77.6 Å². The lowest BCUT2D eigenvalue weighted by molar-refractivity contribution is 0.184. The Hall–Kier alpha value is -2.43. The van der Waals surface area contributed by atoms with Crippen molar-refractivity contribution in [3.8, 4) is 11.3 Å². The van der Waals surface area contributed by atoms with Crippen molar-refractivity contribution < 1.29 is 5.11 Å². The van der Waals surface area contributed by atoms with E-state index >= 15 is 0 Å². The molecule has 0 aliphatic rings. The highest BCUT2D eigenvalue weighted by molar-refractivity contribution is 14.0. The van der Waals surface area contributed by atoms with Crippen molar-refractivity contribution in [2.45, 2.75) is 12.6 Å². The van der Waals surface area contributed by atoms with Crippen LogP contribution in [0.4, 0.5) is 0 Å². The molecule has 156 valence electrons. The van der Waals surface area contributed by atoms with Crippen LogP contribution in [0.25, 0.3) is 21.3 Å². The molecule has 0 aliphatic heterocycles. The number of thiophene rings is 1. The Kier molecular flexibility index (Phi) is 7.83. The molecule has 4 N–H and O–H groups in total. The van der Waals surface area contributed by atoms with Crippen LogP contribution in [0.15, 0.2) is 71.9 Å². The molecule has 0 spiro atoms. The first-order chi connectivity index (χ1) is 14.2. The number of benzene rings is 2. The van der Waals surface area contributed by atoms with Gasteiger partial charge in [-0.15, -0.1) is 35.3 Å². The van der Waals surface area contributed by atoms with Crippen LogP contribution >= 0.6 is 35.3 Å². The van der Waals surface area contributed by atoms with Gasteiger partial charge in [-0.25, -0.2) is 4.98 Å². The molecular weight excluding hydrogens is 509 g/mol. The molecule has 0 saturated carbocycles. The molecule has 1 unspecified atom stereocenters. The van der Waals surface area contributed by atoms with E-state index in [1.165, 1.54) is 4.70 Å². The van der Waals surface area contributed by atoms with Crippen LogP contribution in [0.5, 0.6) is 0 Å². The number of nitrogens with one attached hydrogen (secondary N) is 3. The second-order valence-corrected chi connectivity index (χ2v) is 7.73. The topological polar surface area (TPSA) is 85.3 Å². The SMILES string of the molecule is CN=C(NCc1ncc(-c2ccccc2)[nH]1)NCC(O)c1cc2ccccc2s1.I. The Morgan fingerprint density at radius 2 is 1.90 bits per heavy atom. The number of fused-ring (bicyclic) bond motifs is 1. The second-order valence-electron chi connectivity index (χ2n) is 6.62. The summed E-state index contributed by atoms with van der Waals surface area (Å²) in [6.07, 6.45) is 1.23. The summed E-state index contributed by atoms with van der Waals surface area (Å²) in [5.74, 6) is 1.43. The van der Waals surface area contributed by atoms with Crippen molar-refractivity contribution >= 4 is 51.4 Å². The molecule has 2 aromatic carbocycles. The Labute approximate surface area is 196 Å². The summed E-state index contributed by atoms with van der Waals surface area (Å²) >= 11 is 1.61. The lowest BCUT2D eigenvalue weighted by Crippen LogP contribution is -2.39. The molecule has 0 saturated heterocycles. The standard InChI is InChI=1S/C22H23N5OS.HI/c1-23-22(25-13-18(28)20-11-16-9-5-6-10-19(16)29-20)26-14-21-24-12-17(27-21)15-7-3-2-4-8-15;/h2-12,18,28H,13-14H2,1H3,(H,24,27)(H2,23,25,26);1H. The fourth-order valence-corrected chi connectivity index (χ4v) is 4.12. The number of aromatic amines is 1. The summed E-state index contributed by atoms with van der Waals surface area (Å²) in [4.78, 5) is 12.9. The summed E-state index contributed by atoms with van der Waals surface area (Å²) in [5, 5.41) is 18.1. The minimum absolute atomic E-state index is 0. The molecule has 4 rings (SSSR count). The summed E-state index contributed by atoms with van der Waals surface area (Å²) in [6, 6.07) is 20.3. The number of nitrogens with zero attached hydrogens (tertiary/aromatic N) is 2. The van der Waals surface area contributed by atoms with Gasteiger partial charge in [-0.05, 0) is 23.1 Å². The fourth-order valence-electron chi connectivity index (χ4n) is 3.07. The quantitative estimate of drug-likeness (QED) is 0.169. The van der Waals surface area contributed by atoms with Gasteiger partial charge in [-0.2, -0.15) is 0 Å². The average Bonchev–Trinajstić information content (AvgIpc) is 3.41. The molecular formula is C22H24IN5OS. The predicted molar refractivity (Wildman–Crippen MR) is 134 cm³/mol. The molecule has 0 aliphatic carbocycles. The zero-order valence-corrected chi connectivity index (χ0v) is 19.6. The lowest BCUT2D eigenvalue weighted by atomic mass is 10.2. The fraction of sp³-hybridized carbons (Fsp3) is 0.182. The largest absolute Gasteiger partial charge is 0.386 e. The third kappa shape index (κ3) is 5.38. The number of aliphatic hydroxyl groups is 1. The third-order valence-corrected chi connectivity index (χ3v) is 5.81. The summed E-state index contributed by atoms with van der Waals surface area (Å²) in [7, 11) is 1.71. The first kappa shape index (κ1) is 22.3. The van der Waals surface area contributed by atoms with Gasteiger partial charge in [0, 0.05) is 23.2 Å². The van der Waals surface area contributed by atoms with Crippen LogP contribution in [0.1, 0.15) is 16.8 Å². The number of aliphatic hydroxyl groups excluding tert-OH is 1. The monoisotopic (exact) mass is 533 g/mol. The van der Waals surface area contributed by atoms with Crippen molar-refractivity contribution in [3.63, 3.8) is 0 Å². The second kappa shape index (κ2) is 10.6. The number of imidazole rings is 1. The molecule has 6 nitrogen and oxygen atoms in total. The van der Waals surface area contributed by atoms with Crippen LogP contribution in [0.3, 0.4) is 0 Å². The van der Waals surface area contributed by atoms with Crippen LogP contribution < -0.4 is 10.6 Å². The molecule has 4 aromatic rings. The minimum atomic E-state index is -0.598. The van der Waals surface area contributed by atoms with E-state index in [1.807, 2.05) is 54.7 Å². The first-order valence-corrected chi connectivity index (χ1v) is 10.2. The number of aliphatic imine (C=N–C) groups is 1. The third-order valence-electron chi connectivity index (χ3n) is 4.60. The Bertz CT molecular complexity index is 1080. The van der Waals surface area contributed by atoms with Crippen LogP contribution in [0.2, 0.25) is 0 Å². The minimum Gasteiger partial charge on any atom is -0.386 e. The Balaban J connectivity index is 0.00000256.